The van der Waals surface area contributed by atoms with Crippen molar-refractivity contribution in [3.63, 3.8) is 0 Å². The molecule has 2 aliphatic rings. The van der Waals surface area contributed by atoms with E-state index < -0.39 is 0 Å². The van der Waals surface area contributed by atoms with Gasteiger partial charge in [-0.15, -0.1) is 0 Å². The molecule has 0 unspecified atom stereocenters. The molecule has 3 N–H and O–H groups in total. The maximum absolute atomic E-state index is 6.31. The van der Waals surface area contributed by atoms with E-state index >= 15 is 0 Å². The van der Waals surface area contributed by atoms with E-state index in [0.29, 0.717) is 40.7 Å². The summed E-state index contributed by atoms with van der Waals surface area (Å²) < 4.78 is 5.26. The molecular weight excluding hydrogens is 426 g/mol. The smallest absolute Gasteiger partial charge is 0.233 e. The third kappa shape index (κ3) is 5.92. The van der Waals surface area contributed by atoms with Crippen LogP contribution in [0.2, 0.25) is 5.02 Å². The van der Waals surface area contributed by atoms with Crippen LogP contribution >= 0.6 is 11.6 Å². The summed E-state index contributed by atoms with van der Waals surface area (Å²) in [5.41, 5.74) is 0.804. The zero-order valence-electron chi connectivity index (χ0n) is 19.0. The van der Waals surface area contributed by atoms with Gasteiger partial charge in [-0.05, 0) is 57.0 Å². The van der Waals surface area contributed by atoms with Crippen molar-refractivity contribution in [3.05, 3.63) is 23.2 Å². The van der Waals surface area contributed by atoms with Crippen molar-refractivity contribution in [1.29, 1.82) is 0 Å². The molecule has 1 aromatic carbocycles. The Labute approximate surface area is 195 Å². The molecule has 174 valence electrons. The number of aromatic nitrogens is 3. The molecule has 2 fully saturated rings. The monoisotopic (exact) mass is 459 g/mol. The minimum absolute atomic E-state index is 0.403. The van der Waals surface area contributed by atoms with Gasteiger partial charge in [0.1, 0.15) is 5.75 Å². The van der Waals surface area contributed by atoms with Crippen LogP contribution in [0.15, 0.2) is 18.2 Å². The number of methoxy groups -OCH3 is 1. The van der Waals surface area contributed by atoms with E-state index in [1.54, 1.807) is 7.11 Å². The maximum atomic E-state index is 6.31. The summed E-state index contributed by atoms with van der Waals surface area (Å²) in [6.07, 6.45) is 9.58. The molecule has 32 heavy (non-hydrogen) atoms. The van der Waals surface area contributed by atoms with Gasteiger partial charge in [0.25, 0.3) is 0 Å². The predicted molar refractivity (Wildman–Crippen MR) is 131 cm³/mol. The van der Waals surface area contributed by atoms with Gasteiger partial charge in [-0.25, -0.2) is 0 Å². The van der Waals surface area contributed by atoms with Gasteiger partial charge in [-0.1, -0.05) is 37.3 Å². The van der Waals surface area contributed by atoms with Crippen LogP contribution in [0.1, 0.15) is 51.4 Å². The standard InChI is InChI=1S/C23H34ClN7O/c1-31(18-11-13-25-14-12-18)23-29-21(26-16-7-5-3-4-6-8-16)28-22(30-23)27-17-9-10-20(32-2)19(24)15-17/h9-10,15-16,18,25H,3-8,11-14H2,1-2H3,(H2,26,27,28,29,30). The van der Waals surface area contributed by atoms with Gasteiger partial charge in [0.15, 0.2) is 0 Å². The minimum atomic E-state index is 0.403. The van der Waals surface area contributed by atoms with E-state index in [4.69, 9.17) is 31.3 Å². The Balaban J connectivity index is 1.59. The summed E-state index contributed by atoms with van der Waals surface area (Å²) in [5.74, 6) is 2.46. The SMILES string of the molecule is COc1ccc(Nc2nc(NC3CCCCCC3)nc(N(C)C3CCNCC3)n2)cc1Cl. The lowest BCUT2D eigenvalue weighted by Crippen LogP contribution is -2.42. The zero-order chi connectivity index (χ0) is 22.3. The van der Waals surface area contributed by atoms with Gasteiger partial charge in [-0.2, -0.15) is 15.0 Å². The maximum Gasteiger partial charge on any atom is 0.233 e. The summed E-state index contributed by atoms with van der Waals surface area (Å²) in [4.78, 5) is 16.4. The van der Waals surface area contributed by atoms with E-state index in [2.05, 4.69) is 27.9 Å². The molecule has 2 aromatic rings. The molecule has 1 aliphatic heterocycles. The Morgan fingerprint density at radius 3 is 2.41 bits per heavy atom. The number of anilines is 4. The molecule has 1 aliphatic carbocycles. The molecule has 1 aromatic heterocycles. The molecule has 0 amide bonds. The Hall–Kier alpha value is -2.32. The number of hydrogen-bond donors (Lipinski definition) is 3. The fraction of sp³-hybridized carbons (Fsp3) is 0.609. The van der Waals surface area contributed by atoms with Crippen molar-refractivity contribution in [2.75, 3.05) is 42.8 Å². The first-order chi connectivity index (χ1) is 15.6. The van der Waals surface area contributed by atoms with Crippen molar-refractivity contribution in [1.82, 2.24) is 20.3 Å². The molecule has 9 heteroatoms. The van der Waals surface area contributed by atoms with Crippen molar-refractivity contribution < 1.29 is 4.74 Å². The van der Waals surface area contributed by atoms with Crippen LogP contribution in [0.3, 0.4) is 0 Å². The molecule has 0 spiro atoms. The highest BCUT2D eigenvalue weighted by Crippen LogP contribution is 2.29. The number of nitrogens with zero attached hydrogens (tertiary/aromatic N) is 4. The van der Waals surface area contributed by atoms with Gasteiger partial charge in [0.05, 0.1) is 12.1 Å². The Morgan fingerprint density at radius 2 is 1.72 bits per heavy atom. The highest BCUT2D eigenvalue weighted by Gasteiger charge is 2.22. The van der Waals surface area contributed by atoms with Crippen LogP contribution in [0, 0.1) is 0 Å². The van der Waals surface area contributed by atoms with Crippen LogP contribution in [-0.2, 0) is 0 Å². The second-order valence-electron chi connectivity index (χ2n) is 8.68. The molecule has 2 heterocycles. The normalized spacial score (nSPS) is 18.1. The number of rotatable bonds is 7. The Bertz CT molecular complexity index is 883. The molecule has 0 atom stereocenters. The van der Waals surface area contributed by atoms with E-state index in [-0.39, 0.29) is 0 Å². The summed E-state index contributed by atoms with van der Waals surface area (Å²) >= 11 is 6.31. The minimum Gasteiger partial charge on any atom is -0.495 e. The summed E-state index contributed by atoms with van der Waals surface area (Å²) in [6.45, 7) is 2.03. The first-order valence-electron chi connectivity index (χ1n) is 11.7. The van der Waals surface area contributed by atoms with Gasteiger partial charge < -0.3 is 25.6 Å². The van der Waals surface area contributed by atoms with Gasteiger partial charge in [-0.3, -0.25) is 0 Å². The summed E-state index contributed by atoms with van der Waals surface area (Å²) in [6, 6.07) is 6.37. The second kappa shape index (κ2) is 11.0. The number of halogens is 1. The summed E-state index contributed by atoms with van der Waals surface area (Å²) in [7, 11) is 3.68. The lowest BCUT2D eigenvalue weighted by Gasteiger charge is -2.32. The van der Waals surface area contributed by atoms with E-state index in [1.807, 2.05) is 18.2 Å². The average molecular weight is 460 g/mol. The van der Waals surface area contributed by atoms with Crippen LogP contribution < -0.4 is 25.6 Å². The van der Waals surface area contributed by atoms with Crippen LogP contribution in [-0.4, -0.2) is 54.3 Å². The van der Waals surface area contributed by atoms with Gasteiger partial charge in [0, 0.05) is 24.8 Å². The average Bonchev–Trinajstić information content (AvgIpc) is 3.08. The van der Waals surface area contributed by atoms with E-state index in [0.717, 1.165) is 44.5 Å². The largest absolute Gasteiger partial charge is 0.495 e. The van der Waals surface area contributed by atoms with E-state index in [9.17, 15) is 0 Å². The molecule has 0 radical (unpaired) electrons. The fourth-order valence-electron chi connectivity index (χ4n) is 4.48. The highest BCUT2D eigenvalue weighted by molar-refractivity contribution is 6.32. The topological polar surface area (TPSA) is 87.2 Å². The van der Waals surface area contributed by atoms with E-state index in [1.165, 1.54) is 25.7 Å². The molecular formula is C23H34ClN7O. The molecule has 1 saturated heterocycles. The molecule has 1 saturated carbocycles. The first-order valence-corrected chi connectivity index (χ1v) is 12.1. The quantitative estimate of drug-likeness (QED) is 0.518. The van der Waals surface area contributed by atoms with Crippen molar-refractivity contribution in [2.45, 2.75) is 63.5 Å². The zero-order valence-corrected chi connectivity index (χ0v) is 19.8. The first kappa shape index (κ1) is 22.9. The van der Waals surface area contributed by atoms with Crippen molar-refractivity contribution >= 4 is 35.1 Å². The Kier molecular flexibility index (Phi) is 7.86. The number of hydrogen-bond acceptors (Lipinski definition) is 8. The molecule has 4 rings (SSSR count). The van der Waals surface area contributed by atoms with Crippen LogP contribution in [0.4, 0.5) is 23.5 Å². The van der Waals surface area contributed by atoms with Crippen LogP contribution in [0.5, 0.6) is 5.75 Å². The van der Waals surface area contributed by atoms with Gasteiger partial charge >= 0.3 is 0 Å². The Morgan fingerprint density at radius 1 is 1.00 bits per heavy atom. The number of ether oxygens (including phenoxy) is 1. The number of benzene rings is 1. The van der Waals surface area contributed by atoms with Crippen molar-refractivity contribution in [3.8, 4) is 5.75 Å². The summed E-state index contributed by atoms with van der Waals surface area (Å²) in [5, 5.41) is 10.9. The molecule has 0 bridgehead atoms. The fourth-order valence-corrected chi connectivity index (χ4v) is 4.74. The van der Waals surface area contributed by atoms with Crippen molar-refractivity contribution in [2.24, 2.45) is 0 Å². The number of nitrogens with one attached hydrogen (secondary N) is 3. The predicted octanol–water partition coefficient (Wildman–Crippen LogP) is 4.60. The third-order valence-electron chi connectivity index (χ3n) is 6.39. The highest BCUT2D eigenvalue weighted by atomic mass is 35.5. The number of piperidine rings is 1. The lowest BCUT2D eigenvalue weighted by atomic mass is 10.1. The lowest BCUT2D eigenvalue weighted by molar-refractivity contribution is 0.415. The third-order valence-corrected chi connectivity index (χ3v) is 6.69. The molecule has 8 nitrogen and oxygen atoms in total. The van der Waals surface area contributed by atoms with Crippen LogP contribution in [0.25, 0.3) is 0 Å². The second-order valence-corrected chi connectivity index (χ2v) is 9.09. The van der Waals surface area contributed by atoms with Gasteiger partial charge in [0.2, 0.25) is 17.8 Å².